The number of hydrogen-bond acceptors (Lipinski definition) is 6. The fourth-order valence-electron chi connectivity index (χ4n) is 8.95. The van der Waals surface area contributed by atoms with E-state index in [1.165, 1.54) is 25.6 Å². The van der Waals surface area contributed by atoms with Crippen LogP contribution in [-0.4, -0.2) is 19.5 Å². The van der Waals surface area contributed by atoms with Gasteiger partial charge >= 0.3 is 0 Å². The van der Waals surface area contributed by atoms with Crippen LogP contribution in [0.2, 0.25) is 0 Å². The van der Waals surface area contributed by atoms with Gasteiger partial charge in [0.15, 0.2) is 11.6 Å². The lowest BCUT2D eigenvalue weighted by Crippen LogP contribution is -2.06. The van der Waals surface area contributed by atoms with Crippen molar-refractivity contribution in [2.24, 2.45) is 0 Å². The highest BCUT2D eigenvalue weighted by Crippen LogP contribution is 2.44. The molecule has 0 bridgehead atoms. The fourth-order valence-corrected chi connectivity index (χ4v) is 10.2. The molecule has 5 aromatic heterocycles. The minimum absolute atomic E-state index is 0.535. The molecule has 0 N–H and O–H groups in total. The lowest BCUT2D eigenvalue weighted by molar-refractivity contribution is 0.668. The van der Waals surface area contributed by atoms with Crippen molar-refractivity contribution in [3.8, 4) is 39.9 Å². The molecule has 0 aliphatic rings. The molecular formula is C51H28N4O2S. The minimum Gasteiger partial charge on any atom is -0.456 e. The third kappa shape index (κ3) is 4.50. The van der Waals surface area contributed by atoms with E-state index in [4.69, 9.17) is 23.8 Å². The molecule has 13 aromatic rings. The summed E-state index contributed by atoms with van der Waals surface area (Å²) in [6.45, 7) is 0. The maximum Gasteiger partial charge on any atom is 0.238 e. The molecule has 0 amide bonds. The normalized spacial score (nSPS) is 12.1. The summed E-state index contributed by atoms with van der Waals surface area (Å²) in [5.41, 5.74) is 9.25. The number of benzene rings is 8. The third-order valence-corrected chi connectivity index (χ3v) is 12.7. The maximum absolute atomic E-state index is 6.58. The second-order valence-corrected chi connectivity index (χ2v) is 15.8. The topological polar surface area (TPSA) is 69.9 Å². The van der Waals surface area contributed by atoms with E-state index in [1.807, 2.05) is 53.8 Å². The van der Waals surface area contributed by atoms with Crippen LogP contribution < -0.4 is 0 Å². The highest BCUT2D eigenvalue weighted by molar-refractivity contribution is 7.26. The van der Waals surface area contributed by atoms with Crippen LogP contribution in [0.3, 0.4) is 0 Å². The number of hydrogen-bond donors (Lipinski definition) is 0. The van der Waals surface area contributed by atoms with Gasteiger partial charge in [0.25, 0.3) is 0 Å². The summed E-state index contributed by atoms with van der Waals surface area (Å²) in [7, 11) is 0. The Kier molecular flexibility index (Phi) is 6.50. The standard InChI is InChI=1S/C51H28N4O2S/c1-2-12-29(13-3-1)31-17-10-21-41-45(31)36-25-24-30(28-43(36)57-41)49-52-50(37-18-11-22-42-46(37)35-16-5-8-20-40(35)56-42)54-51(53-49)55-38-19-7-4-15-34(38)47-39(55)27-26-33-32-14-6-9-23-44(32)58-48(33)47/h1-28H. The van der Waals surface area contributed by atoms with E-state index >= 15 is 0 Å². The van der Waals surface area contributed by atoms with E-state index in [1.54, 1.807) is 0 Å². The molecule has 0 radical (unpaired) electrons. The van der Waals surface area contributed by atoms with Gasteiger partial charge < -0.3 is 8.83 Å². The molecule has 0 fully saturated rings. The SMILES string of the molecule is c1ccc(-c2cccc3oc4cc(-c5nc(-c6cccc7oc8ccccc8c67)nc(-n6c7ccccc7c7c8sc9ccccc9c8ccc76)n5)ccc4c23)cc1. The lowest BCUT2D eigenvalue weighted by atomic mass is 9.99. The predicted molar refractivity (Wildman–Crippen MR) is 238 cm³/mol. The molecule has 0 aliphatic heterocycles. The second kappa shape index (κ2) is 11.9. The van der Waals surface area contributed by atoms with Crippen molar-refractivity contribution in [1.29, 1.82) is 0 Å². The number of nitrogens with zero attached hydrogens (tertiary/aromatic N) is 4. The Morgan fingerprint density at radius 3 is 1.93 bits per heavy atom. The van der Waals surface area contributed by atoms with E-state index in [-0.39, 0.29) is 0 Å². The minimum atomic E-state index is 0.535. The van der Waals surface area contributed by atoms with Gasteiger partial charge in [-0.15, -0.1) is 11.3 Å². The zero-order valence-corrected chi connectivity index (χ0v) is 31.5. The molecule has 8 aromatic carbocycles. The first-order valence-corrected chi connectivity index (χ1v) is 20.1. The van der Waals surface area contributed by atoms with Gasteiger partial charge in [-0.2, -0.15) is 9.97 Å². The molecule has 7 heteroatoms. The van der Waals surface area contributed by atoms with Crippen molar-refractivity contribution in [2.45, 2.75) is 0 Å². The van der Waals surface area contributed by atoms with Crippen molar-refractivity contribution in [2.75, 3.05) is 0 Å². The van der Waals surface area contributed by atoms with Crippen molar-refractivity contribution in [1.82, 2.24) is 19.5 Å². The van der Waals surface area contributed by atoms with Crippen LogP contribution in [0, 0.1) is 0 Å². The van der Waals surface area contributed by atoms with Gasteiger partial charge in [-0.1, -0.05) is 121 Å². The molecule has 0 aliphatic carbocycles. The van der Waals surface area contributed by atoms with E-state index in [0.29, 0.717) is 17.6 Å². The first-order chi connectivity index (χ1) is 28.7. The zero-order chi connectivity index (χ0) is 37.9. The van der Waals surface area contributed by atoms with Gasteiger partial charge in [0, 0.05) is 63.6 Å². The van der Waals surface area contributed by atoms with E-state index in [0.717, 1.165) is 82.6 Å². The van der Waals surface area contributed by atoms with Gasteiger partial charge in [-0.25, -0.2) is 4.98 Å². The van der Waals surface area contributed by atoms with Crippen LogP contribution in [0.5, 0.6) is 0 Å². The summed E-state index contributed by atoms with van der Waals surface area (Å²) >= 11 is 1.83. The Balaban J connectivity index is 1.10. The van der Waals surface area contributed by atoms with Gasteiger partial charge in [0.05, 0.1) is 11.0 Å². The molecular weight excluding hydrogens is 733 g/mol. The molecule has 13 rings (SSSR count). The van der Waals surface area contributed by atoms with Gasteiger partial charge in [0.2, 0.25) is 5.95 Å². The van der Waals surface area contributed by atoms with E-state index < -0.39 is 0 Å². The van der Waals surface area contributed by atoms with Crippen molar-refractivity contribution in [3.63, 3.8) is 0 Å². The van der Waals surface area contributed by atoms with Gasteiger partial charge in [-0.3, -0.25) is 4.57 Å². The van der Waals surface area contributed by atoms with E-state index in [9.17, 15) is 0 Å². The molecule has 0 spiro atoms. The molecule has 0 unspecified atom stereocenters. The highest BCUT2D eigenvalue weighted by Gasteiger charge is 2.23. The van der Waals surface area contributed by atoms with Gasteiger partial charge in [0.1, 0.15) is 22.3 Å². The van der Waals surface area contributed by atoms with Crippen molar-refractivity contribution in [3.05, 3.63) is 170 Å². The first kappa shape index (κ1) is 31.6. The predicted octanol–water partition coefficient (Wildman–Crippen LogP) is 14.1. The lowest BCUT2D eigenvalue weighted by Gasteiger charge is -2.11. The average Bonchev–Trinajstić information content (AvgIpc) is 4.05. The number of furan rings is 2. The number of para-hydroxylation sites is 2. The molecule has 0 saturated carbocycles. The van der Waals surface area contributed by atoms with Crippen LogP contribution in [-0.2, 0) is 0 Å². The summed E-state index contributed by atoms with van der Waals surface area (Å²) in [6.07, 6.45) is 0. The molecule has 0 atom stereocenters. The number of aromatic nitrogens is 4. The molecule has 270 valence electrons. The second-order valence-electron chi connectivity index (χ2n) is 14.7. The molecule has 58 heavy (non-hydrogen) atoms. The summed E-state index contributed by atoms with van der Waals surface area (Å²) in [5.74, 6) is 1.64. The summed E-state index contributed by atoms with van der Waals surface area (Å²) in [5, 5.41) is 8.97. The fraction of sp³-hybridized carbons (Fsp3) is 0. The van der Waals surface area contributed by atoms with Crippen LogP contribution in [0.4, 0.5) is 0 Å². The maximum atomic E-state index is 6.58. The first-order valence-electron chi connectivity index (χ1n) is 19.3. The zero-order valence-electron chi connectivity index (χ0n) is 30.7. The Morgan fingerprint density at radius 2 is 1.05 bits per heavy atom. The van der Waals surface area contributed by atoms with Crippen LogP contribution in [0.1, 0.15) is 0 Å². The Labute approximate surface area is 333 Å². The molecule has 0 saturated heterocycles. The smallest absolute Gasteiger partial charge is 0.238 e. The number of fused-ring (bicyclic) bond motifs is 13. The Hall–Kier alpha value is -7.61. The van der Waals surface area contributed by atoms with Crippen LogP contribution >= 0.6 is 11.3 Å². The quantitative estimate of drug-likeness (QED) is 0.179. The summed E-state index contributed by atoms with van der Waals surface area (Å²) < 4.78 is 17.6. The van der Waals surface area contributed by atoms with Crippen molar-refractivity contribution < 1.29 is 8.83 Å². The number of rotatable bonds is 4. The monoisotopic (exact) mass is 760 g/mol. The number of thiophene rings is 1. The largest absolute Gasteiger partial charge is 0.456 e. The van der Waals surface area contributed by atoms with Crippen molar-refractivity contribution >= 4 is 97.2 Å². The summed E-state index contributed by atoms with van der Waals surface area (Å²) in [4.78, 5) is 16.0. The molecule has 6 nitrogen and oxygen atoms in total. The Bertz CT molecular complexity index is 3820. The van der Waals surface area contributed by atoms with Gasteiger partial charge in [-0.05, 0) is 59.7 Å². The highest BCUT2D eigenvalue weighted by atomic mass is 32.1. The molecule has 5 heterocycles. The average molecular weight is 761 g/mol. The van der Waals surface area contributed by atoms with Crippen LogP contribution in [0.15, 0.2) is 179 Å². The third-order valence-electron chi connectivity index (χ3n) is 11.5. The summed E-state index contributed by atoms with van der Waals surface area (Å²) in [6, 6.07) is 58.9. The van der Waals surface area contributed by atoms with E-state index in [2.05, 4.69) is 132 Å². The van der Waals surface area contributed by atoms with Crippen LogP contribution in [0.25, 0.3) is 126 Å². The Morgan fingerprint density at radius 1 is 0.397 bits per heavy atom.